The topological polar surface area (TPSA) is 27.9 Å². The zero-order chi connectivity index (χ0) is 37.2. The average Bonchev–Trinajstić information content (AvgIpc) is 4.09. The lowest BCUT2D eigenvalue weighted by molar-refractivity contribution is 0.669. The summed E-state index contributed by atoms with van der Waals surface area (Å²) in [5.74, 6) is 0. The number of thiophene rings is 1. The summed E-state index contributed by atoms with van der Waals surface area (Å²) in [6, 6.07) is 68.4. The summed E-state index contributed by atoms with van der Waals surface area (Å²) >= 11 is 1.82. The van der Waals surface area contributed by atoms with Crippen LogP contribution in [0.3, 0.4) is 0 Å². The van der Waals surface area contributed by atoms with Crippen LogP contribution in [0, 0.1) is 0 Å². The van der Waals surface area contributed by atoms with Gasteiger partial charge in [-0.1, -0.05) is 91.0 Å². The molecule has 0 aliphatic heterocycles. The minimum absolute atomic E-state index is 0.914. The Morgan fingerprint density at radius 1 is 0.316 bits per heavy atom. The molecule has 0 aliphatic rings. The fourth-order valence-electron chi connectivity index (χ4n) is 9.40. The molecule has 0 unspecified atom stereocenters. The molecular weight excluding hydrogens is 715 g/mol. The Kier molecular flexibility index (Phi) is 6.29. The highest BCUT2D eigenvalue weighted by atomic mass is 32.1. The van der Waals surface area contributed by atoms with Crippen LogP contribution in [-0.4, -0.2) is 13.7 Å². The zero-order valence-corrected chi connectivity index (χ0v) is 31.4. The quantitative estimate of drug-likeness (QED) is 0.176. The first kappa shape index (κ1) is 30.9. The largest absolute Gasteiger partial charge is 0.456 e. The highest BCUT2D eigenvalue weighted by Crippen LogP contribution is 2.42. The van der Waals surface area contributed by atoms with Crippen LogP contribution < -0.4 is 0 Å². The predicted molar refractivity (Wildman–Crippen MR) is 240 cm³/mol. The fraction of sp³-hybridized carbons (Fsp3) is 0. The molecule has 0 fully saturated rings. The van der Waals surface area contributed by atoms with Crippen molar-refractivity contribution in [2.45, 2.75) is 0 Å². The van der Waals surface area contributed by atoms with Crippen LogP contribution in [0.25, 0.3) is 114 Å². The van der Waals surface area contributed by atoms with Gasteiger partial charge in [0.05, 0.1) is 33.1 Å². The summed E-state index contributed by atoms with van der Waals surface area (Å²) in [5, 5.41) is 10.9. The van der Waals surface area contributed by atoms with Crippen LogP contribution in [0.15, 0.2) is 192 Å². The van der Waals surface area contributed by atoms with Crippen molar-refractivity contribution >= 4 is 98.7 Å². The van der Waals surface area contributed by atoms with E-state index in [2.05, 4.69) is 190 Å². The summed E-state index contributed by atoms with van der Waals surface area (Å²) in [7, 11) is 0. The maximum absolute atomic E-state index is 6.17. The lowest BCUT2D eigenvalue weighted by atomic mass is 10.1. The van der Waals surface area contributed by atoms with Gasteiger partial charge in [0, 0.05) is 59.3 Å². The molecule has 0 radical (unpaired) electrons. The normalized spacial score (nSPS) is 12.2. The summed E-state index contributed by atoms with van der Waals surface area (Å²) in [6.45, 7) is 0. The van der Waals surface area contributed by atoms with Gasteiger partial charge in [-0.15, -0.1) is 11.3 Å². The van der Waals surface area contributed by atoms with Crippen molar-refractivity contribution in [3.05, 3.63) is 188 Å². The molecule has 4 nitrogen and oxygen atoms in total. The predicted octanol–water partition coefficient (Wildman–Crippen LogP) is 14.6. The van der Waals surface area contributed by atoms with Gasteiger partial charge in [0.25, 0.3) is 0 Å². The molecule has 0 saturated carbocycles. The van der Waals surface area contributed by atoms with Crippen LogP contribution in [0.2, 0.25) is 0 Å². The van der Waals surface area contributed by atoms with Crippen molar-refractivity contribution in [1.82, 2.24) is 13.7 Å². The summed E-state index contributed by atoms with van der Waals surface area (Å²) < 4.78 is 13.5. The molecule has 5 heteroatoms. The van der Waals surface area contributed by atoms with E-state index in [1.807, 2.05) is 23.5 Å². The second-order valence-electron chi connectivity index (χ2n) is 14.9. The van der Waals surface area contributed by atoms with Crippen molar-refractivity contribution < 1.29 is 4.42 Å². The Balaban J connectivity index is 1.06. The van der Waals surface area contributed by atoms with E-state index >= 15 is 0 Å². The molecule has 0 saturated heterocycles. The lowest BCUT2D eigenvalue weighted by Gasteiger charge is -2.09. The molecule has 0 bridgehead atoms. The standard InChI is InChI=1S/C52H31N3OS/c1-6-16-43-35(11-1)36-12-2-7-17-44(36)53(43)33-22-24-47-40(30-33)41-31-34(54-45-18-8-3-13-37(45)38-14-4-9-19-46(38)54)23-25-48(41)55(47)52-28-27-51(57-52)32-21-26-50-42(29-32)39-15-5-10-20-49(39)56-50/h1-31H. The van der Waals surface area contributed by atoms with Crippen LogP contribution in [-0.2, 0) is 0 Å². The average molecular weight is 746 g/mol. The number of fused-ring (bicyclic) bond motifs is 12. The number of furan rings is 1. The number of rotatable bonds is 4. The molecule has 57 heavy (non-hydrogen) atoms. The van der Waals surface area contributed by atoms with E-state index in [-0.39, 0.29) is 0 Å². The molecule has 0 N–H and O–H groups in total. The first-order valence-corrected chi connectivity index (χ1v) is 20.2. The van der Waals surface area contributed by atoms with Crippen LogP contribution >= 0.6 is 11.3 Å². The van der Waals surface area contributed by atoms with Crippen molar-refractivity contribution in [3.63, 3.8) is 0 Å². The molecule has 13 rings (SSSR count). The van der Waals surface area contributed by atoms with Gasteiger partial charge in [-0.3, -0.25) is 0 Å². The van der Waals surface area contributed by atoms with E-state index < -0.39 is 0 Å². The Labute approximate surface area is 330 Å². The van der Waals surface area contributed by atoms with E-state index in [1.165, 1.54) is 80.9 Å². The van der Waals surface area contributed by atoms with Crippen molar-refractivity contribution in [3.8, 4) is 26.8 Å². The van der Waals surface area contributed by atoms with Gasteiger partial charge >= 0.3 is 0 Å². The second-order valence-corrected chi connectivity index (χ2v) is 16.0. The monoisotopic (exact) mass is 745 g/mol. The number of para-hydroxylation sites is 5. The van der Waals surface area contributed by atoms with Crippen molar-refractivity contribution in [1.29, 1.82) is 0 Å². The molecule has 8 aromatic carbocycles. The molecule has 0 spiro atoms. The van der Waals surface area contributed by atoms with Gasteiger partial charge in [0.15, 0.2) is 0 Å². The first-order valence-electron chi connectivity index (χ1n) is 19.3. The third-order valence-electron chi connectivity index (χ3n) is 11.9. The van der Waals surface area contributed by atoms with Crippen LogP contribution in [0.1, 0.15) is 0 Å². The fourth-order valence-corrected chi connectivity index (χ4v) is 10.4. The highest BCUT2D eigenvalue weighted by Gasteiger charge is 2.20. The molecule has 5 aromatic heterocycles. The van der Waals surface area contributed by atoms with Gasteiger partial charge in [-0.25, -0.2) is 0 Å². The second kappa shape index (κ2) is 11.6. The Morgan fingerprint density at radius 2 is 0.772 bits per heavy atom. The third kappa shape index (κ3) is 4.37. The van der Waals surface area contributed by atoms with E-state index in [9.17, 15) is 0 Å². The van der Waals surface area contributed by atoms with Gasteiger partial charge in [0.2, 0.25) is 0 Å². The van der Waals surface area contributed by atoms with Gasteiger partial charge in [0.1, 0.15) is 16.2 Å². The van der Waals surface area contributed by atoms with E-state index in [1.54, 1.807) is 0 Å². The number of aromatic nitrogens is 3. The third-order valence-corrected chi connectivity index (χ3v) is 13.0. The molecule has 0 amide bonds. The maximum atomic E-state index is 6.17. The Morgan fingerprint density at radius 3 is 1.32 bits per heavy atom. The number of benzene rings is 8. The van der Waals surface area contributed by atoms with Gasteiger partial charge < -0.3 is 18.1 Å². The minimum atomic E-state index is 0.914. The van der Waals surface area contributed by atoms with Crippen molar-refractivity contribution in [2.24, 2.45) is 0 Å². The molecule has 0 aliphatic carbocycles. The summed E-state index contributed by atoms with van der Waals surface area (Å²) in [5.41, 5.74) is 12.5. The molecule has 5 heterocycles. The minimum Gasteiger partial charge on any atom is -0.456 e. The van der Waals surface area contributed by atoms with Crippen LogP contribution in [0.4, 0.5) is 0 Å². The Bertz CT molecular complexity index is 3500. The van der Waals surface area contributed by atoms with E-state index in [0.717, 1.165) is 33.3 Å². The maximum Gasteiger partial charge on any atom is 0.135 e. The van der Waals surface area contributed by atoms with Gasteiger partial charge in [-0.2, -0.15) is 0 Å². The lowest BCUT2D eigenvalue weighted by Crippen LogP contribution is -1.94. The van der Waals surface area contributed by atoms with Crippen molar-refractivity contribution in [2.75, 3.05) is 0 Å². The van der Waals surface area contributed by atoms with Gasteiger partial charge in [-0.05, 0) is 103 Å². The number of hydrogen-bond donors (Lipinski definition) is 0. The SMILES string of the molecule is c1ccc2c(c1)oc1ccc(-c3ccc(-n4c5ccc(-n6c7ccccc7c7ccccc76)cc5c5cc(-n6c7ccccc7c7ccccc76)ccc54)s3)cc12. The summed E-state index contributed by atoms with van der Waals surface area (Å²) in [4.78, 5) is 1.22. The molecule has 0 atom stereocenters. The highest BCUT2D eigenvalue weighted by molar-refractivity contribution is 7.18. The molecule has 266 valence electrons. The molecular formula is C52H31N3OS. The van der Waals surface area contributed by atoms with Crippen LogP contribution in [0.5, 0.6) is 0 Å². The number of hydrogen-bond acceptors (Lipinski definition) is 2. The Hall–Kier alpha value is -7.34. The zero-order valence-electron chi connectivity index (χ0n) is 30.6. The van der Waals surface area contributed by atoms with E-state index in [0.29, 0.717) is 0 Å². The summed E-state index contributed by atoms with van der Waals surface area (Å²) in [6.07, 6.45) is 0. The molecule has 13 aromatic rings. The smallest absolute Gasteiger partial charge is 0.135 e. The van der Waals surface area contributed by atoms with E-state index in [4.69, 9.17) is 4.42 Å². The first-order chi connectivity index (χ1) is 28.3. The number of nitrogens with zero attached hydrogens (tertiary/aromatic N) is 3.